The van der Waals surface area contributed by atoms with Gasteiger partial charge in [0.25, 0.3) is 0 Å². The summed E-state index contributed by atoms with van der Waals surface area (Å²) in [4.78, 5) is 3.68. The first-order valence-electron chi connectivity index (χ1n) is 8.76. The van der Waals surface area contributed by atoms with Gasteiger partial charge in [-0.2, -0.15) is 5.26 Å². The molecule has 1 aliphatic heterocycles. The maximum Gasteiger partial charge on any atom is 0.0992 e. The van der Waals surface area contributed by atoms with Crippen molar-refractivity contribution < 1.29 is 0 Å². The van der Waals surface area contributed by atoms with Crippen LogP contribution in [0, 0.1) is 31.1 Å². The van der Waals surface area contributed by atoms with Gasteiger partial charge in [-0.1, -0.05) is 24.8 Å². The smallest absolute Gasteiger partial charge is 0.0992 e. The van der Waals surface area contributed by atoms with Gasteiger partial charge in [-0.05, 0) is 86.0 Å². The molecule has 4 heteroatoms. The Morgan fingerprint density at radius 2 is 1.68 bits per heavy atom. The van der Waals surface area contributed by atoms with E-state index in [1.54, 1.807) is 11.8 Å². The highest BCUT2D eigenvalue weighted by Gasteiger charge is 2.18. The van der Waals surface area contributed by atoms with Gasteiger partial charge >= 0.3 is 0 Å². The molecule has 2 aromatic rings. The van der Waals surface area contributed by atoms with Gasteiger partial charge in [0.1, 0.15) is 0 Å². The zero-order valence-corrected chi connectivity index (χ0v) is 16.7. The molecule has 1 saturated heterocycles. The zero-order valence-electron chi connectivity index (χ0n) is 15.1. The second-order valence-electron chi connectivity index (χ2n) is 6.90. The van der Waals surface area contributed by atoms with Crippen LogP contribution in [-0.2, 0) is 0 Å². The molecule has 0 atom stereocenters. The summed E-state index contributed by atoms with van der Waals surface area (Å²) in [6.07, 6.45) is 2.51. The first-order chi connectivity index (χ1) is 12.0. The molecule has 0 amide bonds. The Balaban J connectivity index is 1.84. The van der Waals surface area contributed by atoms with Crippen LogP contribution in [0.25, 0.3) is 0 Å². The Hall–Kier alpha value is -1.41. The normalized spacial score (nSPS) is 15.9. The Morgan fingerprint density at radius 1 is 1.00 bits per heavy atom. The lowest BCUT2D eigenvalue weighted by atomic mass is 10.0. The molecule has 25 heavy (non-hydrogen) atoms. The van der Waals surface area contributed by atoms with E-state index in [0.29, 0.717) is 0 Å². The third-order valence-corrected chi connectivity index (χ3v) is 6.80. The van der Waals surface area contributed by atoms with Crippen LogP contribution < -0.4 is 0 Å². The van der Waals surface area contributed by atoms with E-state index in [4.69, 9.17) is 0 Å². The number of hydrogen-bond acceptors (Lipinski definition) is 4. The Kier molecular flexibility index (Phi) is 6.11. The van der Waals surface area contributed by atoms with E-state index >= 15 is 0 Å². The topological polar surface area (TPSA) is 27.0 Å². The van der Waals surface area contributed by atoms with E-state index in [1.165, 1.54) is 38.7 Å². The van der Waals surface area contributed by atoms with Crippen molar-refractivity contribution in [3.8, 4) is 6.07 Å². The van der Waals surface area contributed by atoms with Crippen molar-refractivity contribution in [2.75, 3.05) is 13.1 Å². The molecule has 0 unspecified atom stereocenters. The van der Waals surface area contributed by atoms with Crippen molar-refractivity contribution in [2.45, 2.75) is 48.3 Å². The molecule has 0 radical (unpaired) electrons. The third kappa shape index (κ3) is 5.04. The maximum atomic E-state index is 9.28. The Bertz CT molecular complexity index is 767. The van der Waals surface area contributed by atoms with Gasteiger partial charge in [0, 0.05) is 27.8 Å². The predicted molar refractivity (Wildman–Crippen MR) is 107 cm³/mol. The van der Waals surface area contributed by atoms with Crippen LogP contribution in [0.3, 0.4) is 0 Å². The van der Waals surface area contributed by atoms with Crippen molar-refractivity contribution in [1.29, 1.82) is 5.26 Å². The molecule has 1 fully saturated rings. The van der Waals surface area contributed by atoms with E-state index in [1.807, 2.05) is 24.1 Å². The van der Waals surface area contributed by atoms with Gasteiger partial charge in [-0.25, -0.2) is 4.31 Å². The van der Waals surface area contributed by atoms with Gasteiger partial charge in [-0.3, -0.25) is 0 Å². The van der Waals surface area contributed by atoms with Crippen LogP contribution in [0.4, 0.5) is 0 Å². The van der Waals surface area contributed by atoms with Gasteiger partial charge in [0.2, 0.25) is 0 Å². The quantitative estimate of drug-likeness (QED) is 0.612. The average Bonchev–Trinajstić information content (AvgIpc) is 2.57. The molecule has 0 N–H and O–H groups in total. The molecule has 130 valence electrons. The number of nitrogens with zero attached hydrogens (tertiary/aromatic N) is 2. The summed E-state index contributed by atoms with van der Waals surface area (Å²) in [6.45, 7) is 8.85. The maximum absolute atomic E-state index is 9.28. The molecule has 2 nitrogen and oxygen atoms in total. The number of benzene rings is 2. The molecule has 1 heterocycles. The minimum absolute atomic E-state index is 0.734. The molecule has 0 saturated carbocycles. The first kappa shape index (κ1) is 18.4. The fraction of sp³-hybridized carbons (Fsp3) is 0.381. The highest BCUT2D eigenvalue weighted by molar-refractivity contribution is 8.01. The molecule has 0 aromatic heterocycles. The number of aryl methyl sites for hydroxylation is 2. The summed E-state index contributed by atoms with van der Waals surface area (Å²) >= 11 is 3.61. The van der Waals surface area contributed by atoms with Crippen molar-refractivity contribution in [3.05, 3.63) is 53.1 Å². The molecule has 3 rings (SSSR count). The minimum Gasteiger partial charge on any atom is -0.246 e. The molecular weight excluding hydrogens is 344 g/mol. The van der Waals surface area contributed by atoms with Crippen LogP contribution in [0.1, 0.15) is 36.5 Å². The Labute approximate surface area is 159 Å². The van der Waals surface area contributed by atoms with Crippen molar-refractivity contribution in [3.63, 3.8) is 0 Å². The molecule has 0 bridgehead atoms. The second kappa shape index (κ2) is 8.31. The number of nitriles is 1. The summed E-state index contributed by atoms with van der Waals surface area (Å²) in [5.74, 6) is 0.825. The lowest BCUT2D eigenvalue weighted by molar-refractivity contribution is 0.308. The van der Waals surface area contributed by atoms with E-state index in [0.717, 1.165) is 24.6 Å². The molecule has 0 aliphatic carbocycles. The number of piperidine rings is 1. The van der Waals surface area contributed by atoms with Crippen LogP contribution in [0.15, 0.2) is 51.1 Å². The van der Waals surface area contributed by atoms with Crippen LogP contribution in [0.2, 0.25) is 0 Å². The molecule has 0 spiro atoms. The van der Waals surface area contributed by atoms with Gasteiger partial charge in [0.15, 0.2) is 0 Å². The van der Waals surface area contributed by atoms with Gasteiger partial charge in [0.05, 0.1) is 11.6 Å². The monoisotopic (exact) mass is 368 g/mol. The summed E-state index contributed by atoms with van der Waals surface area (Å²) in [5, 5.41) is 9.28. The molecular formula is C21H24N2S2. The fourth-order valence-corrected chi connectivity index (χ4v) is 5.35. The molecule has 2 aromatic carbocycles. The number of hydrogen-bond donors (Lipinski definition) is 0. The van der Waals surface area contributed by atoms with Gasteiger partial charge < -0.3 is 0 Å². The van der Waals surface area contributed by atoms with Crippen LogP contribution >= 0.6 is 23.7 Å². The largest absolute Gasteiger partial charge is 0.246 e. The van der Waals surface area contributed by atoms with Crippen LogP contribution in [0.5, 0.6) is 0 Å². The highest BCUT2D eigenvalue weighted by Crippen LogP contribution is 2.39. The third-order valence-electron chi connectivity index (χ3n) is 4.47. The van der Waals surface area contributed by atoms with Crippen molar-refractivity contribution in [1.82, 2.24) is 4.31 Å². The molecule has 1 aliphatic rings. The van der Waals surface area contributed by atoms with E-state index in [2.05, 4.69) is 55.4 Å². The number of rotatable bonds is 4. The van der Waals surface area contributed by atoms with E-state index < -0.39 is 0 Å². The standard InChI is InChI=1S/C21H24N2S2/c1-15-6-8-23(9-7-15)25-21-13-18(14-22)4-5-20(21)24-19-11-16(2)10-17(3)12-19/h4-5,10-13,15H,6-9H2,1-3H3. The summed E-state index contributed by atoms with van der Waals surface area (Å²) in [7, 11) is 0. The predicted octanol–water partition coefficient (Wildman–Crippen LogP) is 6.07. The lowest BCUT2D eigenvalue weighted by Gasteiger charge is -2.29. The Morgan fingerprint density at radius 3 is 2.32 bits per heavy atom. The SMILES string of the molecule is Cc1cc(C)cc(Sc2ccc(C#N)cc2SN2CCC(C)CC2)c1. The zero-order chi connectivity index (χ0) is 17.8. The second-order valence-corrected chi connectivity index (χ2v) is 9.16. The lowest BCUT2D eigenvalue weighted by Crippen LogP contribution is -2.27. The minimum atomic E-state index is 0.734. The summed E-state index contributed by atoms with van der Waals surface area (Å²) in [6, 6.07) is 15.0. The fourth-order valence-electron chi connectivity index (χ4n) is 3.07. The van der Waals surface area contributed by atoms with E-state index in [-0.39, 0.29) is 0 Å². The first-order valence-corrected chi connectivity index (χ1v) is 10.4. The highest BCUT2D eigenvalue weighted by atomic mass is 32.2. The van der Waals surface area contributed by atoms with E-state index in [9.17, 15) is 5.26 Å². The summed E-state index contributed by atoms with van der Waals surface area (Å²) < 4.78 is 2.45. The summed E-state index contributed by atoms with van der Waals surface area (Å²) in [5.41, 5.74) is 3.31. The van der Waals surface area contributed by atoms with Crippen molar-refractivity contribution >= 4 is 23.7 Å². The van der Waals surface area contributed by atoms with Crippen LogP contribution in [-0.4, -0.2) is 17.4 Å². The van der Waals surface area contributed by atoms with Gasteiger partial charge in [-0.15, -0.1) is 0 Å². The van der Waals surface area contributed by atoms with Crippen molar-refractivity contribution in [2.24, 2.45) is 5.92 Å². The average molecular weight is 369 g/mol.